The second-order valence-electron chi connectivity index (χ2n) is 4.95. The zero-order valence-electron chi connectivity index (χ0n) is 11.9. The van der Waals surface area contributed by atoms with Crippen molar-refractivity contribution in [2.45, 2.75) is 6.42 Å². The smallest absolute Gasteiger partial charge is 0.228 e. The number of ether oxygens (including phenoxy) is 2. The van der Waals surface area contributed by atoms with Gasteiger partial charge in [0.25, 0.3) is 0 Å². The summed E-state index contributed by atoms with van der Waals surface area (Å²) in [7, 11) is 0. The van der Waals surface area contributed by atoms with Crippen molar-refractivity contribution < 1.29 is 14.3 Å². The molecule has 120 valence electrons. The van der Waals surface area contributed by atoms with Gasteiger partial charge in [-0.3, -0.25) is 4.79 Å². The molecule has 1 aliphatic rings. The van der Waals surface area contributed by atoms with E-state index >= 15 is 0 Å². The molecule has 23 heavy (non-hydrogen) atoms. The number of hydrogen-bond donors (Lipinski definition) is 1. The summed E-state index contributed by atoms with van der Waals surface area (Å²) >= 11 is 17.9. The van der Waals surface area contributed by atoms with Crippen LogP contribution in [0.3, 0.4) is 0 Å². The van der Waals surface area contributed by atoms with E-state index in [0.29, 0.717) is 45.5 Å². The van der Waals surface area contributed by atoms with Gasteiger partial charge in [-0.25, -0.2) is 0 Å². The van der Waals surface area contributed by atoms with Crippen LogP contribution < -0.4 is 14.8 Å². The third kappa shape index (κ3) is 3.83. The van der Waals surface area contributed by atoms with Crippen molar-refractivity contribution in [2.24, 2.45) is 0 Å². The Morgan fingerprint density at radius 2 is 1.65 bits per heavy atom. The number of benzene rings is 2. The van der Waals surface area contributed by atoms with Gasteiger partial charge in [0.1, 0.15) is 13.2 Å². The van der Waals surface area contributed by atoms with Gasteiger partial charge < -0.3 is 14.8 Å². The minimum atomic E-state index is -0.220. The normalized spacial score (nSPS) is 12.8. The van der Waals surface area contributed by atoms with Crippen molar-refractivity contribution in [1.82, 2.24) is 0 Å². The van der Waals surface area contributed by atoms with Crippen molar-refractivity contribution in [3.63, 3.8) is 0 Å². The topological polar surface area (TPSA) is 47.6 Å². The first-order valence-electron chi connectivity index (χ1n) is 6.86. The molecule has 1 N–H and O–H groups in total. The second-order valence-corrected chi connectivity index (χ2v) is 6.17. The van der Waals surface area contributed by atoms with Gasteiger partial charge >= 0.3 is 0 Å². The fourth-order valence-electron chi connectivity index (χ4n) is 2.20. The number of anilines is 1. The second kappa shape index (κ2) is 6.87. The molecular weight excluding hydrogens is 361 g/mol. The summed E-state index contributed by atoms with van der Waals surface area (Å²) in [5.74, 6) is 1.11. The maximum Gasteiger partial charge on any atom is 0.228 e. The van der Waals surface area contributed by atoms with Crippen LogP contribution in [0, 0.1) is 0 Å². The Morgan fingerprint density at radius 1 is 0.957 bits per heavy atom. The van der Waals surface area contributed by atoms with Gasteiger partial charge in [0.2, 0.25) is 5.91 Å². The number of amides is 1. The molecule has 2 aromatic carbocycles. The van der Waals surface area contributed by atoms with E-state index in [1.54, 1.807) is 12.1 Å². The molecule has 0 fully saturated rings. The Morgan fingerprint density at radius 3 is 2.43 bits per heavy atom. The molecular formula is C16H12Cl3NO3. The highest BCUT2D eigenvalue weighted by molar-refractivity contribution is 6.44. The Bertz CT molecular complexity index is 764. The van der Waals surface area contributed by atoms with Crippen LogP contribution in [0.4, 0.5) is 5.69 Å². The molecule has 4 nitrogen and oxygen atoms in total. The van der Waals surface area contributed by atoms with E-state index < -0.39 is 0 Å². The number of carbonyl (C=O) groups is 1. The summed E-state index contributed by atoms with van der Waals surface area (Å²) < 4.78 is 11.0. The van der Waals surface area contributed by atoms with Crippen molar-refractivity contribution >= 4 is 46.4 Å². The van der Waals surface area contributed by atoms with Crippen LogP contribution >= 0.6 is 34.8 Å². The molecule has 7 heteroatoms. The number of hydrogen-bond acceptors (Lipinski definition) is 3. The zero-order chi connectivity index (χ0) is 16.4. The third-order valence-corrected chi connectivity index (χ3v) is 4.29. The minimum absolute atomic E-state index is 0.174. The summed E-state index contributed by atoms with van der Waals surface area (Å²) in [6.07, 6.45) is 0.174. The van der Waals surface area contributed by atoms with E-state index in [9.17, 15) is 4.79 Å². The maximum atomic E-state index is 12.2. The largest absolute Gasteiger partial charge is 0.486 e. The summed E-state index contributed by atoms with van der Waals surface area (Å²) in [5, 5.41) is 3.71. The van der Waals surface area contributed by atoms with Gasteiger partial charge in [0.05, 0.1) is 27.2 Å². The van der Waals surface area contributed by atoms with E-state index in [1.807, 2.05) is 6.07 Å². The highest BCUT2D eigenvalue weighted by atomic mass is 35.5. The van der Waals surface area contributed by atoms with Crippen molar-refractivity contribution in [1.29, 1.82) is 0 Å². The monoisotopic (exact) mass is 371 g/mol. The van der Waals surface area contributed by atoms with E-state index in [4.69, 9.17) is 44.3 Å². The number of fused-ring (bicyclic) bond motifs is 1. The standard InChI is InChI=1S/C16H12Cl3NO3/c17-10-7-12(19)13(8-11(10)18)20-16(21)6-9-1-2-14-15(5-9)23-4-3-22-14/h1-2,5,7-8H,3-4,6H2,(H,20,21). The predicted octanol–water partition coefficient (Wildman–Crippen LogP) is 4.60. The molecule has 1 aliphatic heterocycles. The van der Waals surface area contributed by atoms with E-state index in [-0.39, 0.29) is 12.3 Å². The molecule has 0 aromatic heterocycles. The van der Waals surface area contributed by atoms with Gasteiger partial charge in [0.15, 0.2) is 11.5 Å². The lowest BCUT2D eigenvalue weighted by atomic mass is 10.1. The van der Waals surface area contributed by atoms with Crippen LogP contribution in [0.2, 0.25) is 15.1 Å². The Balaban J connectivity index is 1.71. The number of carbonyl (C=O) groups excluding carboxylic acids is 1. The molecule has 0 bridgehead atoms. The minimum Gasteiger partial charge on any atom is -0.486 e. The van der Waals surface area contributed by atoms with Crippen LogP contribution in [0.5, 0.6) is 11.5 Å². The fourth-order valence-corrected chi connectivity index (χ4v) is 2.79. The molecule has 0 spiro atoms. The first kappa shape index (κ1) is 16.2. The molecule has 2 aromatic rings. The first-order valence-corrected chi connectivity index (χ1v) is 7.99. The van der Waals surface area contributed by atoms with Crippen molar-refractivity contribution in [2.75, 3.05) is 18.5 Å². The Kier molecular flexibility index (Phi) is 4.85. The van der Waals surface area contributed by atoms with Gasteiger partial charge in [-0.2, -0.15) is 0 Å². The molecule has 0 radical (unpaired) electrons. The molecule has 1 amide bonds. The van der Waals surface area contributed by atoms with Gasteiger partial charge in [-0.05, 0) is 29.8 Å². The van der Waals surface area contributed by atoms with E-state index in [0.717, 1.165) is 5.56 Å². The van der Waals surface area contributed by atoms with Crippen LogP contribution in [0.15, 0.2) is 30.3 Å². The molecule has 0 atom stereocenters. The fraction of sp³-hybridized carbons (Fsp3) is 0.188. The van der Waals surface area contributed by atoms with Crippen molar-refractivity contribution in [3.8, 4) is 11.5 Å². The third-order valence-electron chi connectivity index (χ3n) is 3.26. The van der Waals surface area contributed by atoms with Gasteiger partial charge in [-0.15, -0.1) is 0 Å². The van der Waals surface area contributed by atoms with Gasteiger partial charge in [0, 0.05) is 0 Å². The van der Waals surface area contributed by atoms with E-state index in [2.05, 4.69) is 5.32 Å². The SMILES string of the molecule is O=C(Cc1ccc2c(c1)OCCO2)Nc1cc(Cl)c(Cl)cc1Cl. The highest BCUT2D eigenvalue weighted by Gasteiger charge is 2.14. The molecule has 1 heterocycles. The first-order chi connectivity index (χ1) is 11.0. The molecule has 0 saturated heterocycles. The van der Waals surface area contributed by atoms with Crippen LogP contribution in [0.1, 0.15) is 5.56 Å². The van der Waals surface area contributed by atoms with Gasteiger partial charge in [-0.1, -0.05) is 40.9 Å². The van der Waals surface area contributed by atoms with Crippen LogP contribution in [-0.2, 0) is 11.2 Å². The maximum absolute atomic E-state index is 12.2. The molecule has 0 saturated carbocycles. The summed E-state index contributed by atoms with van der Waals surface area (Å²) in [5.41, 5.74) is 1.23. The summed E-state index contributed by atoms with van der Waals surface area (Å²) in [6, 6.07) is 8.43. The number of rotatable bonds is 3. The molecule has 0 unspecified atom stereocenters. The lowest BCUT2D eigenvalue weighted by Gasteiger charge is -2.18. The quantitative estimate of drug-likeness (QED) is 0.801. The zero-order valence-corrected chi connectivity index (χ0v) is 14.1. The molecule has 3 rings (SSSR count). The van der Waals surface area contributed by atoms with Crippen molar-refractivity contribution in [3.05, 3.63) is 51.0 Å². The van der Waals surface area contributed by atoms with Crippen LogP contribution in [-0.4, -0.2) is 19.1 Å². The highest BCUT2D eigenvalue weighted by Crippen LogP contribution is 2.33. The lowest BCUT2D eigenvalue weighted by Crippen LogP contribution is -2.17. The lowest BCUT2D eigenvalue weighted by molar-refractivity contribution is -0.115. The van der Waals surface area contributed by atoms with E-state index in [1.165, 1.54) is 12.1 Å². The predicted molar refractivity (Wildman–Crippen MR) is 91.2 cm³/mol. The van der Waals surface area contributed by atoms with Crippen LogP contribution in [0.25, 0.3) is 0 Å². The Hall–Kier alpha value is -1.62. The number of halogens is 3. The Labute approximate surface area is 148 Å². The molecule has 0 aliphatic carbocycles. The average Bonchev–Trinajstić information content (AvgIpc) is 2.52. The average molecular weight is 373 g/mol. The number of nitrogens with one attached hydrogen (secondary N) is 1. The summed E-state index contributed by atoms with van der Waals surface area (Å²) in [6.45, 7) is 1.03. The summed E-state index contributed by atoms with van der Waals surface area (Å²) in [4.78, 5) is 12.2.